The van der Waals surface area contributed by atoms with Crippen LogP contribution in [0.3, 0.4) is 0 Å². The summed E-state index contributed by atoms with van der Waals surface area (Å²) < 4.78 is 69.6. The average molecular weight is 208 g/mol. The van der Waals surface area contributed by atoms with E-state index in [1.165, 1.54) is 0 Å². The Morgan fingerprint density at radius 3 is 1.77 bits per heavy atom. The molecule has 2 nitrogen and oxygen atoms in total. The van der Waals surface area contributed by atoms with Crippen molar-refractivity contribution in [1.29, 1.82) is 0 Å². The Hall–Kier alpha value is -1.21. The van der Waals surface area contributed by atoms with E-state index in [0.29, 0.717) is 0 Å². The Kier molecular flexibility index (Phi) is 2.96. The number of halogens is 6. The van der Waals surface area contributed by atoms with Crippen LogP contribution in [0.15, 0.2) is 11.9 Å². The van der Waals surface area contributed by atoms with Gasteiger partial charge in [0.25, 0.3) is 0 Å². The highest BCUT2D eigenvalue weighted by Crippen LogP contribution is 2.41. The summed E-state index contributed by atoms with van der Waals surface area (Å²) in [5.74, 6) is -11.0. The molecule has 0 radical (unpaired) electrons. The molecule has 0 saturated carbocycles. The van der Waals surface area contributed by atoms with E-state index < -0.39 is 30.0 Å². The lowest BCUT2D eigenvalue weighted by Gasteiger charge is -2.16. The molecule has 0 spiro atoms. The molecule has 0 aliphatic heterocycles. The van der Waals surface area contributed by atoms with Gasteiger partial charge in [0.15, 0.2) is 5.83 Å². The molecule has 0 aromatic carbocycles. The number of allylic oxidation sites excluding steroid dienone is 1. The van der Waals surface area contributed by atoms with Crippen molar-refractivity contribution in [2.24, 2.45) is 0 Å². The minimum absolute atomic E-state index is 0.840. The molecule has 0 aliphatic carbocycles. The van der Waals surface area contributed by atoms with Crippen molar-refractivity contribution < 1.29 is 36.2 Å². The SMILES string of the molecule is O=C(O)C=C(F)C(F)(F)C(F)(F)F. The van der Waals surface area contributed by atoms with Crippen molar-refractivity contribution >= 4 is 5.97 Å². The maximum Gasteiger partial charge on any atom is 0.460 e. The van der Waals surface area contributed by atoms with Crippen molar-refractivity contribution in [1.82, 2.24) is 0 Å². The number of alkyl halides is 5. The predicted octanol–water partition coefficient (Wildman–Crippen LogP) is 2.12. The third-order valence-electron chi connectivity index (χ3n) is 0.906. The smallest absolute Gasteiger partial charge is 0.460 e. The van der Waals surface area contributed by atoms with Gasteiger partial charge in [-0.05, 0) is 0 Å². The van der Waals surface area contributed by atoms with Gasteiger partial charge in [-0.1, -0.05) is 0 Å². The largest absolute Gasteiger partial charge is 0.478 e. The molecule has 0 saturated heterocycles. The van der Waals surface area contributed by atoms with E-state index in [4.69, 9.17) is 5.11 Å². The van der Waals surface area contributed by atoms with Crippen molar-refractivity contribution in [3.63, 3.8) is 0 Å². The van der Waals surface area contributed by atoms with Crippen LogP contribution in [-0.4, -0.2) is 23.2 Å². The Morgan fingerprint density at radius 2 is 1.54 bits per heavy atom. The monoisotopic (exact) mass is 208 g/mol. The van der Waals surface area contributed by atoms with Crippen LogP contribution in [0.25, 0.3) is 0 Å². The van der Waals surface area contributed by atoms with Crippen LogP contribution in [0.1, 0.15) is 0 Å². The van der Waals surface area contributed by atoms with Gasteiger partial charge in [-0.25, -0.2) is 9.18 Å². The summed E-state index contributed by atoms with van der Waals surface area (Å²) in [4.78, 5) is 9.57. The number of carboxylic acids is 1. The predicted molar refractivity (Wildman–Crippen MR) is 27.8 cm³/mol. The van der Waals surface area contributed by atoms with E-state index in [1.807, 2.05) is 0 Å². The fourth-order valence-electron chi connectivity index (χ4n) is 0.334. The van der Waals surface area contributed by atoms with Gasteiger partial charge in [0.05, 0.1) is 6.08 Å². The molecule has 13 heavy (non-hydrogen) atoms. The first-order valence-electron chi connectivity index (χ1n) is 2.64. The van der Waals surface area contributed by atoms with Gasteiger partial charge in [0.1, 0.15) is 0 Å². The molecule has 0 unspecified atom stereocenters. The van der Waals surface area contributed by atoms with Crippen LogP contribution in [0.4, 0.5) is 26.3 Å². The van der Waals surface area contributed by atoms with Gasteiger partial charge in [-0.2, -0.15) is 22.0 Å². The van der Waals surface area contributed by atoms with Gasteiger partial charge in [-0.15, -0.1) is 0 Å². The van der Waals surface area contributed by atoms with Gasteiger partial charge in [0.2, 0.25) is 0 Å². The molecule has 0 atom stereocenters. The number of carboxylic acid groups (broad SMARTS) is 1. The summed E-state index contributed by atoms with van der Waals surface area (Å²) in [6, 6.07) is 0. The van der Waals surface area contributed by atoms with E-state index in [2.05, 4.69) is 0 Å². The normalized spacial score (nSPS) is 14.5. The summed E-state index contributed by atoms with van der Waals surface area (Å²) in [7, 11) is 0. The van der Waals surface area contributed by atoms with E-state index >= 15 is 0 Å². The Labute approximate surface area is 67.5 Å². The van der Waals surface area contributed by atoms with Gasteiger partial charge < -0.3 is 5.11 Å². The molecular formula is C5H2F6O2. The zero-order chi connectivity index (χ0) is 10.9. The van der Waals surface area contributed by atoms with Crippen LogP contribution in [0.2, 0.25) is 0 Å². The van der Waals surface area contributed by atoms with Crippen molar-refractivity contribution in [3.8, 4) is 0 Å². The zero-order valence-electron chi connectivity index (χ0n) is 5.70. The molecule has 0 amide bonds. The van der Waals surface area contributed by atoms with Crippen molar-refractivity contribution in [2.75, 3.05) is 0 Å². The fraction of sp³-hybridized carbons (Fsp3) is 0.400. The maximum atomic E-state index is 11.9. The number of carbonyl (C=O) groups is 1. The van der Waals surface area contributed by atoms with E-state index in [0.717, 1.165) is 0 Å². The van der Waals surface area contributed by atoms with Gasteiger partial charge in [0, 0.05) is 0 Å². The third-order valence-corrected chi connectivity index (χ3v) is 0.906. The van der Waals surface area contributed by atoms with Crippen LogP contribution in [0.5, 0.6) is 0 Å². The second kappa shape index (κ2) is 3.27. The Balaban J connectivity index is 4.95. The van der Waals surface area contributed by atoms with Gasteiger partial charge in [-0.3, -0.25) is 0 Å². The Bertz CT molecular complexity index is 240. The molecule has 0 aromatic heterocycles. The summed E-state index contributed by atoms with van der Waals surface area (Å²) >= 11 is 0. The molecule has 0 aliphatic rings. The second-order valence-electron chi connectivity index (χ2n) is 1.90. The summed E-state index contributed by atoms with van der Waals surface area (Å²) in [5.41, 5.74) is 0. The average Bonchev–Trinajstić information content (AvgIpc) is 1.82. The number of hydrogen-bond donors (Lipinski definition) is 1. The van der Waals surface area contributed by atoms with E-state index in [-0.39, 0.29) is 0 Å². The van der Waals surface area contributed by atoms with E-state index in [1.54, 1.807) is 0 Å². The lowest BCUT2D eigenvalue weighted by atomic mass is 10.2. The highest BCUT2D eigenvalue weighted by molar-refractivity contribution is 5.80. The topological polar surface area (TPSA) is 37.3 Å². The second-order valence-corrected chi connectivity index (χ2v) is 1.90. The third kappa shape index (κ3) is 2.63. The highest BCUT2D eigenvalue weighted by Gasteiger charge is 2.61. The fourth-order valence-corrected chi connectivity index (χ4v) is 0.334. The maximum absolute atomic E-state index is 11.9. The lowest BCUT2D eigenvalue weighted by molar-refractivity contribution is -0.270. The summed E-state index contributed by atoms with van der Waals surface area (Å²) in [6.07, 6.45) is -6.98. The molecule has 76 valence electrons. The van der Waals surface area contributed by atoms with Crippen LogP contribution >= 0.6 is 0 Å². The first kappa shape index (κ1) is 11.8. The molecule has 0 heterocycles. The molecule has 0 bridgehead atoms. The van der Waals surface area contributed by atoms with Crippen LogP contribution in [-0.2, 0) is 4.79 Å². The van der Waals surface area contributed by atoms with Crippen LogP contribution in [0, 0.1) is 0 Å². The summed E-state index contributed by atoms with van der Waals surface area (Å²) in [6.45, 7) is 0. The van der Waals surface area contributed by atoms with E-state index in [9.17, 15) is 31.1 Å². The van der Waals surface area contributed by atoms with Crippen molar-refractivity contribution in [3.05, 3.63) is 11.9 Å². The quantitative estimate of drug-likeness (QED) is 0.557. The highest BCUT2D eigenvalue weighted by atomic mass is 19.4. The molecule has 8 heteroatoms. The molecule has 0 aromatic rings. The first-order chi connectivity index (χ1) is 5.59. The van der Waals surface area contributed by atoms with Gasteiger partial charge >= 0.3 is 18.1 Å². The molecule has 1 N–H and O–H groups in total. The molecule has 0 rings (SSSR count). The first-order valence-corrected chi connectivity index (χ1v) is 2.64. The standard InChI is InChI=1S/C5H2F6O2/c6-2(1-3(12)13)4(7,8)5(9,10)11/h1H,(H,12,13). The Morgan fingerprint density at radius 1 is 1.15 bits per heavy atom. The van der Waals surface area contributed by atoms with Crippen molar-refractivity contribution in [2.45, 2.75) is 12.1 Å². The molecule has 0 fully saturated rings. The minimum atomic E-state index is -6.14. The number of aliphatic carboxylic acids is 1. The zero-order valence-corrected chi connectivity index (χ0v) is 5.70. The lowest BCUT2D eigenvalue weighted by Crippen LogP contribution is -2.37. The number of hydrogen-bond acceptors (Lipinski definition) is 1. The molecular weight excluding hydrogens is 206 g/mol. The van der Waals surface area contributed by atoms with Crippen LogP contribution < -0.4 is 0 Å². The minimum Gasteiger partial charge on any atom is -0.478 e. The number of rotatable bonds is 2. The summed E-state index contributed by atoms with van der Waals surface area (Å²) in [5, 5.41) is 7.70.